The largest absolute Gasteiger partial charge is 0.337 e. The number of imidazole rings is 1. The number of H-pyrrole nitrogens is 1. The maximum absolute atomic E-state index is 4.91. The van der Waals surface area contributed by atoms with Crippen molar-refractivity contribution in [1.82, 2.24) is 20.3 Å². The van der Waals surface area contributed by atoms with Crippen molar-refractivity contribution in [3.63, 3.8) is 0 Å². The van der Waals surface area contributed by atoms with Crippen LogP contribution in [0, 0.1) is 0 Å². The summed E-state index contributed by atoms with van der Waals surface area (Å²) in [6.45, 7) is 0.854. The zero-order chi connectivity index (χ0) is 17.8. The van der Waals surface area contributed by atoms with E-state index in [1.165, 1.54) is 5.56 Å². The van der Waals surface area contributed by atoms with Crippen molar-refractivity contribution in [2.45, 2.75) is 6.54 Å². The van der Waals surface area contributed by atoms with Gasteiger partial charge in [0.05, 0.1) is 11.4 Å². The van der Waals surface area contributed by atoms with Crippen LogP contribution in [0.5, 0.6) is 0 Å². The quantitative estimate of drug-likeness (QED) is 0.561. The summed E-state index contributed by atoms with van der Waals surface area (Å²) in [5.74, 6) is 0.867. The maximum Gasteiger partial charge on any atom is 0.138 e. The van der Waals surface area contributed by atoms with Crippen molar-refractivity contribution in [1.29, 1.82) is 0 Å². The van der Waals surface area contributed by atoms with Gasteiger partial charge in [-0.25, -0.2) is 4.98 Å². The Hall–Kier alpha value is -3.24. The second-order valence-electron chi connectivity index (χ2n) is 6.14. The molecule has 2 N–H and O–H groups in total. The molecule has 2 aromatic carbocycles. The van der Waals surface area contributed by atoms with Gasteiger partial charge in [-0.2, -0.15) is 0 Å². The summed E-state index contributed by atoms with van der Waals surface area (Å²) >= 11 is 0. The second-order valence-corrected chi connectivity index (χ2v) is 6.14. The third kappa shape index (κ3) is 3.27. The molecule has 4 aromatic rings. The fourth-order valence-electron chi connectivity index (χ4n) is 3.03. The predicted molar refractivity (Wildman–Crippen MR) is 105 cm³/mol. The molecule has 0 aliphatic carbocycles. The Balaban J connectivity index is 1.83. The molecule has 0 fully saturated rings. The van der Waals surface area contributed by atoms with E-state index in [9.17, 15) is 0 Å². The summed E-state index contributed by atoms with van der Waals surface area (Å²) in [6.07, 6.45) is 3.61. The summed E-state index contributed by atoms with van der Waals surface area (Å²) in [6, 6.07) is 22.7. The van der Waals surface area contributed by atoms with E-state index >= 15 is 0 Å². The Morgan fingerprint density at radius 1 is 0.808 bits per heavy atom. The molecule has 0 unspecified atom stereocenters. The first-order chi connectivity index (χ1) is 12.8. The smallest absolute Gasteiger partial charge is 0.138 e. The lowest BCUT2D eigenvalue weighted by molar-refractivity contribution is 0.818. The van der Waals surface area contributed by atoms with Crippen molar-refractivity contribution < 1.29 is 0 Å². The lowest BCUT2D eigenvalue weighted by atomic mass is 10.0. The van der Waals surface area contributed by atoms with Crippen molar-refractivity contribution in [3.05, 3.63) is 84.7 Å². The number of hydrogen-bond donors (Lipinski definition) is 2. The molecule has 0 bridgehead atoms. The predicted octanol–water partition coefficient (Wildman–Crippen LogP) is 4.53. The minimum Gasteiger partial charge on any atom is -0.337 e. The molecule has 0 spiro atoms. The Morgan fingerprint density at radius 2 is 1.54 bits per heavy atom. The van der Waals surface area contributed by atoms with Crippen LogP contribution in [0.25, 0.3) is 33.9 Å². The number of nitrogens with one attached hydrogen (secondary N) is 2. The number of pyridine rings is 1. The molecule has 128 valence electrons. The van der Waals surface area contributed by atoms with Crippen LogP contribution in [0.4, 0.5) is 0 Å². The highest BCUT2D eigenvalue weighted by molar-refractivity contribution is 5.81. The summed E-state index contributed by atoms with van der Waals surface area (Å²) in [4.78, 5) is 12.5. The van der Waals surface area contributed by atoms with Gasteiger partial charge in [0.2, 0.25) is 0 Å². The van der Waals surface area contributed by atoms with Crippen LogP contribution in [-0.2, 0) is 6.54 Å². The van der Waals surface area contributed by atoms with Gasteiger partial charge in [0.25, 0.3) is 0 Å². The van der Waals surface area contributed by atoms with Gasteiger partial charge < -0.3 is 10.3 Å². The average molecular weight is 340 g/mol. The Bertz CT molecular complexity index is 974. The zero-order valence-electron chi connectivity index (χ0n) is 14.6. The third-order valence-electron chi connectivity index (χ3n) is 4.33. The molecule has 2 aromatic heterocycles. The SMILES string of the molecule is CNCc1ccc(-c2nc(-c3ccccc3)[nH]c2-c2ccncc2)cc1. The van der Waals surface area contributed by atoms with E-state index in [1.807, 2.05) is 37.4 Å². The van der Waals surface area contributed by atoms with Gasteiger partial charge in [-0.1, -0.05) is 54.6 Å². The van der Waals surface area contributed by atoms with Gasteiger partial charge in [0.1, 0.15) is 5.82 Å². The molecule has 0 atom stereocenters. The van der Waals surface area contributed by atoms with Gasteiger partial charge in [-0.05, 0) is 24.7 Å². The minimum atomic E-state index is 0.854. The van der Waals surface area contributed by atoms with Crippen LogP contribution in [0.15, 0.2) is 79.1 Å². The van der Waals surface area contributed by atoms with Gasteiger partial charge >= 0.3 is 0 Å². The molecule has 4 nitrogen and oxygen atoms in total. The van der Waals surface area contributed by atoms with Gasteiger partial charge in [0.15, 0.2) is 0 Å². The van der Waals surface area contributed by atoms with Gasteiger partial charge in [-0.3, -0.25) is 4.98 Å². The Kier molecular flexibility index (Phi) is 4.58. The number of benzene rings is 2. The molecule has 2 heterocycles. The van der Waals surface area contributed by atoms with E-state index in [2.05, 4.69) is 51.7 Å². The fraction of sp³-hybridized carbons (Fsp3) is 0.0909. The van der Waals surface area contributed by atoms with Crippen LogP contribution in [-0.4, -0.2) is 22.0 Å². The standard InChI is InChI=1S/C22H20N4/c1-23-15-16-7-9-17(10-8-16)20-21(18-11-13-24-14-12-18)26-22(25-20)19-5-3-2-4-6-19/h2-14,23H,15H2,1H3,(H,25,26). The molecule has 26 heavy (non-hydrogen) atoms. The average Bonchev–Trinajstić information content (AvgIpc) is 3.16. The highest BCUT2D eigenvalue weighted by atomic mass is 14.9. The van der Waals surface area contributed by atoms with Crippen molar-refractivity contribution in [2.75, 3.05) is 7.05 Å². The zero-order valence-corrected chi connectivity index (χ0v) is 14.6. The molecule has 0 amide bonds. The lowest BCUT2D eigenvalue weighted by Crippen LogP contribution is -2.04. The first-order valence-electron chi connectivity index (χ1n) is 8.65. The topological polar surface area (TPSA) is 53.6 Å². The molecule has 4 heteroatoms. The summed E-state index contributed by atoms with van der Waals surface area (Å²) in [5, 5.41) is 3.18. The first kappa shape index (κ1) is 16.2. The van der Waals surface area contributed by atoms with Crippen molar-refractivity contribution >= 4 is 0 Å². The number of nitrogens with zero attached hydrogens (tertiary/aromatic N) is 2. The van der Waals surface area contributed by atoms with E-state index in [4.69, 9.17) is 4.98 Å². The molecule has 0 radical (unpaired) electrons. The van der Waals surface area contributed by atoms with Crippen LogP contribution >= 0.6 is 0 Å². The molecular formula is C22H20N4. The van der Waals surface area contributed by atoms with E-state index in [-0.39, 0.29) is 0 Å². The highest BCUT2D eigenvalue weighted by Gasteiger charge is 2.15. The normalized spacial score (nSPS) is 10.8. The molecule has 0 saturated heterocycles. The summed E-state index contributed by atoms with van der Waals surface area (Å²) in [5.41, 5.74) is 6.44. The number of aromatic nitrogens is 3. The fourth-order valence-corrected chi connectivity index (χ4v) is 3.03. The lowest BCUT2D eigenvalue weighted by Gasteiger charge is -2.05. The van der Waals surface area contributed by atoms with Crippen LogP contribution < -0.4 is 5.32 Å². The number of rotatable bonds is 5. The minimum absolute atomic E-state index is 0.854. The Morgan fingerprint density at radius 3 is 2.23 bits per heavy atom. The van der Waals surface area contributed by atoms with Crippen molar-refractivity contribution in [2.24, 2.45) is 0 Å². The molecular weight excluding hydrogens is 320 g/mol. The van der Waals surface area contributed by atoms with Crippen LogP contribution in [0.2, 0.25) is 0 Å². The molecule has 0 aliphatic rings. The molecule has 0 aliphatic heterocycles. The molecule has 4 rings (SSSR count). The van der Waals surface area contributed by atoms with Crippen LogP contribution in [0.1, 0.15) is 5.56 Å². The summed E-state index contributed by atoms with van der Waals surface area (Å²) in [7, 11) is 1.95. The molecule has 0 saturated carbocycles. The Labute approximate surface area is 153 Å². The summed E-state index contributed by atoms with van der Waals surface area (Å²) < 4.78 is 0. The highest BCUT2D eigenvalue weighted by Crippen LogP contribution is 2.32. The first-order valence-corrected chi connectivity index (χ1v) is 8.65. The van der Waals surface area contributed by atoms with E-state index in [0.29, 0.717) is 0 Å². The van der Waals surface area contributed by atoms with Gasteiger partial charge in [-0.15, -0.1) is 0 Å². The number of aromatic amines is 1. The maximum atomic E-state index is 4.91. The van der Waals surface area contributed by atoms with Crippen LogP contribution in [0.3, 0.4) is 0 Å². The third-order valence-corrected chi connectivity index (χ3v) is 4.33. The second kappa shape index (κ2) is 7.33. The van der Waals surface area contributed by atoms with E-state index < -0.39 is 0 Å². The van der Waals surface area contributed by atoms with E-state index in [1.54, 1.807) is 12.4 Å². The monoisotopic (exact) mass is 340 g/mol. The van der Waals surface area contributed by atoms with E-state index in [0.717, 1.165) is 40.4 Å². The van der Waals surface area contributed by atoms with Crippen molar-refractivity contribution in [3.8, 4) is 33.9 Å². The van der Waals surface area contributed by atoms with Gasteiger partial charge in [0, 0.05) is 35.6 Å². The number of hydrogen-bond acceptors (Lipinski definition) is 3.